The van der Waals surface area contributed by atoms with Crippen molar-refractivity contribution in [3.8, 4) is 22.3 Å². The first-order chi connectivity index (χ1) is 16.2. The molecule has 0 bridgehead atoms. The van der Waals surface area contributed by atoms with Gasteiger partial charge in [0.1, 0.15) is 18.0 Å². The lowest BCUT2D eigenvalue weighted by Crippen LogP contribution is -2.27. The summed E-state index contributed by atoms with van der Waals surface area (Å²) in [6, 6.07) is 2.10. The minimum atomic E-state index is -1.07. The molecule has 0 aromatic carbocycles. The molecule has 0 atom stereocenters. The molecule has 0 radical (unpaired) electrons. The van der Waals surface area contributed by atoms with Gasteiger partial charge in [0.2, 0.25) is 0 Å². The number of carboxylic acids is 1. The van der Waals surface area contributed by atoms with Crippen molar-refractivity contribution in [2.75, 3.05) is 0 Å². The summed E-state index contributed by atoms with van der Waals surface area (Å²) < 4.78 is 23.3. The molecule has 0 aliphatic heterocycles. The van der Waals surface area contributed by atoms with Crippen molar-refractivity contribution in [3.63, 3.8) is 0 Å². The molecule has 1 fully saturated rings. The Morgan fingerprint density at radius 1 is 1.24 bits per heavy atom. The van der Waals surface area contributed by atoms with Crippen molar-refractivity contribution in [2.24, 2.45) is 5.92 Å². The number of carboxylic acid groups (broad SMARTS) is 1. The molecule has 1 aliphatic carbocycles. The Morgan fingerprint density at radius 2 is 2.00 bits per heavy atom. The lowest BCUT2D eigenvalue weighted by molar-refractivity contribution is -0.137. The number of alkyl halides is 1. The van der Waals surface area contributed by atoms with E-state index in [4.69, 9.17) is 14.6 Å². The van der Waals surface area contributed by atoms with Crippen molar-refractivity contribution in [2.45, 2.75) is 65.2 Å². The third-order valence-corrected chi connectivity index (χ3v) is 6.88. The molecule has 8 nitrogen and oxygen atoms in total. The first-order valence-electron chi connectivity index (χ1n) is 11.6. The largest absolute Gasteiger partial charge is 0.480 e. The number of rotatable bonds is 6. The Morgan fingerprint density at radius 3 is 2.68 bits per heavy atom. The van der Waals surface area contributed by atoms with Crippen molar-refractivity contribution < 1.29 is 18.8 Å². The minimum Gasteiger partial charge on any atom is -0.480 e. The molecular formula is C25H28FN5O3. The van der Waals surface area contributed by atoms with Crippen LogP contribution < -0.4 is 0 Å². The smallest absolute Gasteiger partial charge is 0.325 e. The maximum absolute atomic E-state index is 14.4. The van der Waals surface area contributed by atoms with E-state index in [0.29, 0.717) is 18.8 Å². The number of fused-ring (bicyclic) bond motifs is 1. The second-order valence-electron chi connectivity index (χ2n) is 9.66. The van der Waals surface area contributed by atoms with E-state index in [1.54, 1.807) is 19.3 Å². The third-order valence-electron chi connectivity index (χ3n) is 6.88. The molecule has 0 spiro atoms. The fraction of sp³-hybridized carbons (Fsp3) is 0.440. The van der Waals surface area contributed by atoms with Gasteiger partial charge in [0, 0.05) is 47.4 Å². The van der Waals surface area contributed by atoms with E-state index in [1.165, 1.54) is 4.68 Å². The summed E-state index contributed by atoms with van der Waals surface area (Å²) in [6.07, 6.45) is 10.1. The Labute approximate surface area is 196 Å². The second kappa shape index (κ2) is 8.38. The number of aromatic nitrogens is 5. The first kappa shape index (κ1) is 22.3. The molecule has 0 unspecified atom stereocenters. The normalized spacial score (nSPS) is 20.8. The van der Waals surface area contributed by atoms with Crippen LogP contribution in [-0.4, -0.2) is 41.2 Å². The number of carbonyl (C=O) groups is 1. The highest BCUT2D eigenvalue weighted by Crippen LogP contribution is 2.38. The van der Waals surface area contributed by atoms with Gasteiger partial charge in [-0.25, -0.2) is 4.39 Å². The Balaban J connectivity index is 1.57. The monoisotopic (exact) mass is 465 g/mol. The number of nitrogens with zero attached hydrogens (tertiary/aromatic N) is 5. The number of hydrogen-bond acceptors (Lipinski definition) is 5. The van der Waals surface area contributed by atoms with Gasteiger partial charge < -0.3 is 14.2 Å². The van der Waals surface area contributed by atoms with Crippen LogP contribution >= 0.6 is 0 Å². The predicted molar refractivity (Wildman–Crippen MR) is 125 cm³/mol. The van der Waals surface area contributed by atoms with Crippen LogP contribution in [0.1, 0.15) is 44.1 Å². The first-order valence-corrected chi connectivity index (χ1v) is 11.6. The Hall–Kier alpha value is -3.49. The summed E-state index contributed by atoms with van der Waals surface area (Å²) in [6.45, 7) is 6.06. The van der Waals surface area contributed by atoms with Crippen LogP contribution in [0.2, 0.25) is 0 Å². The van der Waals surface area contributed by atoms with E-state index >= 15 is 0 Å². The quantitative estimate of drug-likeness (QED) is 0.422. The fourth-order valence-corrected chi connectivity index (χ4v) is 5.03. The molecule has 5 rings (SSSR count). The van der Waals surface area contributed by atoms with E-state index in [0.717, 1.165) is 64.1 Å². The van der Waals surface area contributed by atoms with E-state index in [1.807, 2.05) is 20.0 Å². The molecular weight excluding hydrogens is 437 g/mol. The molecule has 4 heterocycles. The van der Waals surface area contributed by atoms with Crippen LogP contribution in [0, 0.1) is 19.8 Å². The van der Waals surface area contributed by atoms with Crippen LogP contribution in [-0.2, 0) is 17.9 Å². The van der Waals surface area contributed by atoms with Crippen molar-refractivity contribution >= 4 is 17.0 Å². The zero-order valence-electron chi connectivity index (χ0n) is 19.6. The van der Waals surface area contributed by atoms with Crippen LogP contribution in [0.4, 0.5) is 4.39 Å². The molecule has 1 N–H and O–H groups in total. The highest BCUT2D eigenvalue weighted by Gasteiger charge is 2.31. The number of hydrogen-bond donors (Lipinski definition) is 1. The van der Waals surface area contributed by atoms with Crippen LogP contribution in [0.3, 0.4) is 0 Å². The van der Waals surface area contributed by atoms with Gasteiger partial charge in [-0.05, 0) is 58.4 Å². The summed E-state index contributed by atoms with van der Waals surface area (Å²) in [7, 11) is 0. The molecule has 178 valence electrons. The molecule has 0 amide bonds. The fourth-order valence-electron chi connectivity index (χ4n) is 5.03. The minimum absolute atomic E-state index is 0.202. The predicted octanol–water partition coefficient (Wildman–Crippen LogP) is 5.17. The molecule has 4 aromatic rings. The van der Waals surface area contributed by atoms with Crippen molar-refractivity contribution in [1.29, 1.82) is 0 Å². The van der Waals surface area contributed by atoms with Gasteiger partial charge in [-0.3, -0.25) is 14.5 Å². The molecule has 1 saturated carbocycles. The van der Waals surface area contributed by atoms with E-state index in [2.05, 4.69) is 27.1 Å². The van der Waals surface area contributed by atoms with E-state index in [-0.39, 0.29) is 6.54 Å². The van der Waals surface area contributed by atoms with E-state index in [9.17, 15) is 9.18 Å². The summed E-state index contributed by atoms with van der Waals surface area (Å²) >= 11 is 0. The summed E-state index contributed by atoms with van der Waals surface area (Å²) in [5.74, 6) is 0.169. The molecule has 0 saturated heterocycles. The zero-order valence-corrected chi connectivity index (χ0v) is 19.6. The van der Waals surface area contributed by atoms with Gasteiger partial charge in [-0.15, -0.1) is 0 Å². The van der Waals surface area contributed by atoms with Gasteiger partial charge >= 0.3 is 5.97 Å². The van der Waals surface area contributed by atoms with Crippen LogP contribution in [0.25, 0.3) is 33.3 Å². The SMILES string of the molecule is Cc1noc(C)c1-c1cnc2c(-c3cnn(CC(=O)O)c3)cn(CC3CCC(C)(F)CC3)c2c1. The van der Waals surface area contributed by atoms with Gasteiger partial charge in [0.05, 0.1) is 22.9 Å². The van der Waals surface area contributed by atoms with Gasteiger partial charge in [-0.2, -0.15) is 5.10 Å². The molecule has 4 aromatic heterocycles. The van der Waals surface area contributed by atoms with Gasteiger partial charge in [0.15, 0.2) is 0 Å². The molecule has 9 heteroatoms. The topological polar surface area (TPSA) is 99.0 Å². The van der Waals surface area contributed by atoms with Crippen LogP contribution in [0.5, 0.6) is 0 Å². The molecule has 1 aliphatic rings. The highest BCUT2D eigenvalue weighted by molar-refractivity contribution is 5.94. The third kappa shape index (κ3) is 4.22. The maximum atomic E-state index is 14.4. The number of halogens is 1. The average molecular weight is 466 g/mol. The van der Waals surface area contributed by atoms with Gasteiger partial charge in [-0.1, -0.05) is 5.16 Å². The summed E-state index contributed by atoms with van der Waals surface area (Å²) in [5.41, 5.74) is 5.08. The van der Waals surface area contributed by atoms with Crippen molar-refractivity contribution in [1.82, 2.24) is 24.5 Å². The number of aliphatic carboxylic acids is 1. The van der Waals surface area contributed by atoms with Crippen molar-refractivity contribution in [3.05, 3.63) is 42.3 Å². The Bertz CT molecular complexity index is 1340. The Kier molecular flexibility index (Phi) is 5.50. The van der Waals surface area contributed by atoms with E-state index < -0.39 is 11.6 Å². The lowest BCUT2D eigenvalue weighted by atomic mass is 9.81. The summed E-state index contributed by atoms with van der Waals surface area (Å²) in [5, 5.41) is 17.4. The standard InChI is InChI=1S/C25H28FN5O3/c1-15-23(16(2)34-29-15)18-8-21-24(27-9-18)20(19-10-28-31(12-19)14-22(32)33)13-30(21)11-17-4-6-25(3,26)7-5-17/h8-10,12-13,17H,4-7,11,14H2,1-3H3,(H,32,33). The highest BCUT2D eigenvalue weighted by atomic mass is 19.1. The average Bonchev–Trinajstić information content (AvgIpc) is 3.47. The zero-order chi connectivity index (χ0) is 24.0. The summed E-state index contributed by atoms with van der Waals surface area (Å²) in [4.78, 5) is 15.9. The molecule has 34 heavy (non-hydrogen) atoms. The maximum Gasteiger partial charge on any atom is 0.325 e. The number of pyridine rings is 1. The number of aryl methyl sites for hydroxylation is 2. The lowest BCUT2D eigenvalue weighted by Gasteiger charge is -2.31. The van der Waals surface area contributed by atoms with Crippen LogP contribution in [0.15, 0.2) is 35.4 Å². The van der Waals surface area contributed by atoms with Gasteiger partial charge in [0.25, 0.3) is 0 Å². The second-order valence-corrected chi connectivity index (χ2v) is 9.66.